The van der Waals surface area contributed by atoms with E-state index in [9.17, 15) is 12.8 Å². The van der Waals surface area contributed by atoms with Crippen molar-refractivity contribution < 1.29 is 12.8 Å². The molecule has 1 atom stereocenters. The van der Waals surface area contributed by atoms with Crippen LogP contribution in [0.1, 0.15) is 31.7 Å². The summed E-state index contributed by atoms with van der Waals surface area (Å²) in [6.45, 7) is 4.38. The van der Waals surface area contributed by atoms with Crippen LogP contribution in [0, 0.1) is 5.82 Å². The average molecular weight is 349 g/mol. The van der Waals surface area contributed by atoms with Crippen molar-refractivity contribution in [2.45, 2.75) is 38.0 Å². The molecule has 124 valence electrons. The highest BCUT2D eigenvalue weighted by molar-refractivity contribution is 7.88. The Morgan fingerprint density at radius 3 is 2.86 bits per heavy atom. The summed E-state index contributed by atoms with van der Waals surface area (Å²) in [6.07, 6.45) is 3.27. The largest absolute Gasteiger partial charge is 0.299 e. The van der Waals surface area contributed by atoms with Gasteiger partial charge in [-0.25, -0.2) is 17.5 Å². The van der Waals surface area contributed by atoms with Gasteiger partial charge in [-0.3, -0.25) is 4.90 Å². The van der Waals surface area contributed by atoms with E-state index in [0.29, 0.717) is 6.54 Å². The minimum absolute atomic E-state index is 0.132. The lowest BCUT2D eigenvalue weighted by Gasteiger charge is -2.34. The number of hydrogen-bond donors (Lipinski definition) is 1. The molecule has 1 aliphatic heterocycles. The predicted molar refractivity (Wildman–Crippen MR) is 86.9 cm³/mol. The molecule has 1 N–H and O–H groups in total. The van der Waals surface area contributed by atoms with Crippen molar-refractivity contribution in [3.05, 3.63) is 34.6 Å². The van der Waals surface area contributed by atoms with Crippen LogP contribution in [-0.2, 0) is 15.8 Å². The van der Waals surface area contributed by atoms with Gasteiger partial charge < -0.3 is 0 Å². The zero-order valence-corrected chi connectivity index (χ0v) is 14.3. The Kier molecular flexibility index (Phi) is 6.20. The summed E-state index contributed by atoms with van der Waals surface area (Å²) < 4.78 is 40.6. The average Bonchev–Trinajstić information content (AvgIpc) is 2.48. The van der Waals surface area contributed by atoms with Gasteiger partial charge in [-0.05, 0) is 38.1 Å². The van der Waals surface area contributed by atoms with Crippen molar-refractivity contribution in [2.75, 3.05) is 19.6 Å². The summed E-state index contributed by atoms with van der Waals surface area (Å²) in [4.78, 5) is 2.29. The van der Waals surface area contributed by atoms with Gasteiger partial charge in [0, 0.05) is 23.2 Å². The molecule has 1 aliphatic rings. The Hall–Kier alpha value is -0.690. The maximum absolute atomic E-state index is 13.7. The smallest absolute Gasteiger partial charge is 0.215 e. The van der Waals surface area contributed by atoms with Gasteiger partial charge in [-0.15, -0.1) is 0 Å². The van der Waals surface area contributed by atoms with E-state index in [-0.39, 0.29) is 22.4 Å². The second-order valence-electron chi connectivity index (χ2n) is 5.62. The third-order valence-corrected chi connectivity index (χ3v) is 5.59. The van der Waals surface area contributed by atoms with Crippen molar-refractivity contribution in [3.8, 4) is 0 Å². The molecule has 0 bridgehead atoms. The molecule has 1 fully saturated rings. The van der Waals surface area contributed by atoms with Crippen molar-refractivity contribution in [1.29, 1.82) is 0 Å². The molecule has 1 aromatic carbocycles. The van der Waals surface area contributed by atoms with E-state index < -0.39 is 15.8 Å². The zero-order chi connectivity index (χ0) is 16.2. The van der Waals surface area contributed by atoms with Gasteiger partial charge in [0.15, 0.2) is 0 Å². The molecule has 1 saturated heterocycles. The first-order valence-electron chi connectivity index (χ1n) is 7.56. The van der Waals surface area contributed by atoms with E-state index in [2.05, 4.69) is 16.5 Å². The van der Waals surface area contributed by atoms with E-state index in [1.165, 1.54) is 12.1 Å². The van der Waals surface area contributed by atoms with Crippen LogP contribution in [0.2, 0.25) is 5.02 Å². The minimum Gasteiger partial charge on any atom is -0.299 e. The number of hydrogen-bond acceptors (Lipinski definition) is 3. The molecule has 7 heteroatoms. The van der Waals surface area contributed by atoms with Crippen molar-refractivity contribution in [1.82, 2.24) is 9.62 Å². The zero-order valence-electron chi connectivity index (χ0n) is 12.7. The Labute approximate surface area is 136 Å². The normalized spacial score (nSPS) is 20.2. The van der Waals surface area contributed by atoms with Crippen LogP contribution in [-0.4, -0.2) is 39.0 Å². The molecule has 0 radical (unpaired) electrons. The molecule has 0 spiro atoms. The number of likely N-dealkylation sites (tertiary alicyclic amines) is 1. The molecule has 22 heavy (non-hydrogen) atoms. The highest BCUT2D eigenvalue weighted by Crippen LogP contribution is 2.18. The van der Waals surface area contributed by atoms with Crippen molar-refractivity contribution >= 4 is 21.6 Å². The SMILES string of the molecule is CCN1CCCC[C@@H]1CNS(=O)(=O)Cc1ccc(Cl)cc1F. The second-order valence-corrected chi connectivity index (χ2v) is 7.86. The number of sulfonamides is 1. The summed E-state index contributed by atoms with van der Waals surface area (Å²) in [5.41, 5.74) is 0.132. The van der Waals surface area contributed by atoms with Gasteiger partial charge in [0.1, 0.15) is 5.82 Å². The standard InChI is InChI=1S/C15H22ClFN2O2S/c1-2-19-8-4-3-5-14(19)10-18-22(20,21)11-12-6-7-13(16)9-15(12)17/h6-7,9,14,18H,2-5,8,10-11H2,1H3/t14-/m1/s1. The maximum atomic E-state index is 13.7. The minimum atomic E-state index is -3.56. The number of piperidine rings is 1. The van der Waals surface area contributed by atoms with Gasteiger partial charge >= 0.3 is 0 Å². The number of halogens is 2. The van der Waals surface area contributed by atoms with Crippen LogP contribution < -0.4 is 4.72 Å². The first kappa shape index (κ1) is 17.7. The molecular weight excluding hydrogens is 327 g/mol. The topological polar surface area (TPSA) is 49.4 Å². The lowest BCUT2D eigenvalue weighted by Crippen LogP contribution is -2.46. The Morgan fingerprint density at radius 1 is 1.41 bits per heavy atom. The summed E-state index contributed by atoms with van der Waals surface area (Å²) in [6, 6.07) is 4.26. The van der Waals surface area contributed by atoms with Crippen LogP contribution in [0.15, 0.2) is 18.2 Å². The first-order chi connectivity index (χ1) is 10.4. The van der Waals surface area contributed by atoms with Crippen LogP contribution in [0.4, 0.5) is 4.39 Å². The van der Waals surface area contributed by atoms with Crippen LogP contribution in [0.25, 0.3) is 0 Å². The lowest BCUT2D eigenvalue weighted by molar-refractivity contribution is 0.158. The van der Waals surface area contributed by atoms with Crippen LogP contribution in [0.3, 0.4) is 0 Å². The molecular formula is C15H22ClFN2O2S. The van der Waals surface area contributed by atoms with Gasteiger partial charge in [-0.2, -0.15) is 0 Å². The Morgan fingerprint density at radius 2 is 2.18 bits per heavy atom. The molecule has 0 saturated carbocycles. The molecule has 0 aromatic heterocycles. The van der Waals surface area contributed by atoms with Crippen molar-refractivity contribution in [3.63, 3.8) is 0 Å². The molecule has 1 heterocycles. The van der Waals surface area contributed by atoms with Crippen molar-refractivity contribution in [2.24, 2.45) is 0 Å². The Bertz CT molecular complexity index is 610. The fourth-order valence-corrected chi connectivity index (χ4v) is 4.18. The molecule has 0 aliphatic carbocycles. The monoisotopic (exact) mass is 348 g/mol. The summed E-state index contributed by atoms with van der Waals surface area (Å²) in [5, 5.41) is 0.257. The fourth-order valence-electron chi connectivity index (χ4n) is 2.83. The predicted octanol–water partition coefficient (Wildman–Crippen LogP) is 2.77. The second kappa shape index (κ2) is 7.73. The first-order valence-corrected chi connectivity index (χ1v) is 9.59. The highest BCUT2D eigenvalue weighted by Gasteiger charge is 2.23. The number of nitrogens with one attached hydrogen (secondary N) is 1. The van der Waals surface area contributed by atoms with Gasteiger partial charge in [0.05, 0.1) is 5.75 Å². The third kappa shape index (κ3) is 4.91. The maximum Gasteiger partial charge on any atom is 0.215 e. The number of rotatable bonds is 6. The van der Waals surface area contributed by atoms with E-state index in [0.717, 1.165) is 38.4 Å². The van der Waals surface area contributed by atoms with E-state index in [4.69, 9.17) is 11.6 Å². The summed E-state index contributed by atoms with van der Waals surface area (Å²) >= 11 is 5.67. The Balaban J connectivity index is 1.96. The molecule has 0 amide bonds. The van der Waals surface area contributed by atoms with Gasteiger partial charge in [-0.1, -0.05) is 31.0 Å². The number of benzene rings is 1. The summed E-state index contributed by atoms with van der Waals surface area (Å²) in [5.74, 6) is -0.958. The lowest BCUT2D eigenvalue weighted by atomic mass is 10.0. The van der Waals surface area contributed by atoms with E-state index in [1.807, 2.05) is 0 Å². The molecule has 1 aromatic rings. The summed E-state index contributed by atoms with van der Waals surface area (Å²) in [7, 11) is -3.56. The molecule has 0 unspecified atom stereocenters. The number of nitrogens with zero attached hydrogens (tertiary/aromatic N) is 1. The fraction of sp³-hybridized carbons (Fsp3) is 0.600. The van der Waals surface area contributed by atoms with E-state index in [1.54, 1.807) is 0 Å². The van der Waals surface area contributed by atoms with E-state index >= 15 is 0 Å². The number of likely N-dealkylation sites (N-methyl/N-ethyl adjacent to an activating group) is 1. The molecule has 2 rings (SSSR count). The third-order valence-electron chi connectivity index (χ3n) is 4.05. The van der Waals surface area contributed by atoms with Crippen LogP contribution in [0.5, 0.6) is 0 Å². The van der Waals surface area contributed by atoms with Gasteiger partial charge in [0.25, 0.3) is 0 Å². The highest BCUT2D eigenvalue weighted by atomic mass is 35.5. The molecule has 4 nitrogen and oxygen atoms in total. The quantitative estimate of drug-likeness (QED) is 0.860. The van der Waals surface area contributed by atoms with Crippen LogP contribution >= 0.6 is 11.6 Å². The van der Waals surface area contributed by atoms with Gasteiger partial charge in [0.2, 0.25) is 10.0 Å².